The third-order valence-corrected chi connectivity index (χ3v) is 3.84. The van der Waals surface area contributed by atoms with Gasteiger partial charge >= 0.3 is 0 Å². The molecule has 2 N–H and O–H groups in total. The van der Waals surface area contributed by atoms with Crippen molar-refractivity contribution < 1.29 is 9.59 Å². The second-order valence-electron chi connectivity index (χ2n) is 6.26. The number of nitrogens with zero attached hydrogens (tertiary/aromatic N) is 1. The zero-order valence-electron chi connectivity index (χ0n) is 13.6. The summed E-state index contributed by atoms with van der Waals surface area (Å²) in [5.74, 6) is -0.178. The van der Waals surface area contributed by atoms with Crippen molar-refractivity contribution in [3.05, 3.63) is 29.8 Å². The Hall–Kier alpha value is -1.88. The second-order valence-corrected chi connectivity index (χ2v) is 6.26. The van der Waals surface area contributed by atoms with Crippen LogP contribution in [0.2, 0.25) is 0 Å². The van der Waals surface area contributed by atoms with E-state index in [0.29, 0.717) is 11.3 Å². The van der Waals surface area contributed by atoms with Crippen molar-refractivity contribution in [1.29, 1.82) is 0 Å². The molecule has 1 fully saturated rings. The average molecular weight is 303 g/mol. The van der Waals surface area contributed by atoms with Crippen LogP contribution >= 0.6 is 0 Å². The zero-order valence-corrected chi connectivity index (χ0v) is 13.6. The van der Waals surface area contributed by atoms with Crippen LogP contribution in [0.4, 0.5) is 5.69 Å². The van der Waals surface area contributed by atoms with Crippen LogP contribution in [0, 0.1) is 5.92 Å². The number of benzene rings is 1. The van der Waals surface area contributed by atoms with E-state index in [4.69, 9.17) is 0 Å². The van der Waals surface area contributed by atoms with Crippen molar-refractivity contribution in [2.24, 2.45) is 5.92 Å². The fourth-order valence-corrected chi connectivity index (χ4v) is 2.75. The van der Waals surface area contributed by atoms with Crippen LogP contribution < -0.4 is 10.6 Å². The molecule has 0 radical (unpaired) electrons. The van der Waals surface area contributed by atoms with Gasteiger partial charge < -0.3 is 15.5 Å². The smallest absolute Gasteiger partial charge is 0.253 e. The van der Waals surface area contributed by atoms with E-state index in [-0.39, 0.29) is 23.8 Å². The molecule has 2 rings (SSSR count). The lowest BCUT2D eigenvalue weighted by Crippen LogP contribution is -2.39. The van der Waals surface area contributed by atoms with E-state index < -0.39 is 0 Å². The largest absolute Gasteiger partial charge is 0.350 e. The number of piperidine rings is 1. The maximum Gasteiger partial charge on any atom is 0.253 e. The van der Waals surface area contributed by atoms with E-state index in [2.05, 4.69) is 15.5 Å². The van der Waals surface area contributed by atoms with Crippen LogP contribution in [0.15, 0.2) is 24.3 Å². The number of nitrogens with one attached hydrogen (secondary N) is 2. The van der Waals surface area contributed by atoms with Gasteiger partial charge in [-0.15, -0.1) is 0 Å². The Labute approximate surface area is 132 Å². The Morgan fingerprint density at radius 2 is 2.00 bits per heavy atom. The summed E-state index contributed by atoms with van der Waals surface area (Å²) in [6.45, 7) is 5.64. The summed E-state index contributed by atoms with van der Waals surface area (Å²) in [5.41, 5.74) is 1.09. The molecule has 2 amide bonds. The van der Waals surface area contributed by atoms with E-state index >= 15 is 0 Å². The van der Waals surface area contributed by atoms with Crippen molar-refractivity contribution in [3.63, 3.8) is 0 Å². The minimum absolute atomic E-state index is 0.00338. The first-order valence-corrected chi connectivity index (χ1v) is 7.86. The number of para-hydroxylation sites is 1. The molecule has 120 valence electrons. The quantitative estimate of drug-likeness (QED) is 0.895. The van der Waals surface area contributed by atoms with Crippen LogP contribution in [0.25, 0.3) is 0 Å². The molecule has 0 unspecified atom stereocenters. The molecule has 1 aromatic carbocycles. The highest BCUT2D eigenvalue weighted by Gasteiger charge is 2.25. The normalized spacial score (nSPS) is 19.0. The summed E-state index contributed by atoms with van der Waals surface area (Å²) < 4.78 is 0. The molecule has 0 spiro atoms. The zero-order chi connectivity index (χ0) is 16.1. The molecule has 5 nitrogen and oxygen atoms in total. The Kier molecular flexibility index (Phi) is 5.55. The van der Waals surface area contributed by atoms with Gasteiger partial charge in [-0.1, -0.05) is 12.1 Å². The average Bonchev–Trinajstić information content (AvgIpc) is 2.47. The number of carbonyl (C=O) groups is 2. The molecular formula is C17H25N3O2. The number of likely N-dealkylation sites (tertiary alicyclic amines) is 1. The number of carbonyl (C=O) groups excluding carboxylic acids is 2. The number of hydrogen-bond donors (Lipinski definition) is 2. The SMILES string of the molecule is CC(C)NC(=O)c1ccccc1NC(=O)[C@H]1CCCN(C)C1. The number of amides is 2. The first kappa shape index (κ1) is 16.5. The molecule has 1 aliphatic heterocycles. The summed E-state index contributed by atoms with van der Waals surface area (Å²) >= 11 is 0. The molecule has 1 aromatic rings. The Balaban J connectivity index is 2.09. The van der Waals surface area contributed by atoms with Crippen LogP contribution in [0.5, 0.6) is 0 Å². The minimum Gasteiger partial charge on any atom is -0.350 e. The van der Waals surface area contributed by atoms with Gasteiger partial charge in [-0.05, 0) is 52.4 Å². The molecule has 1 saturated heterocycles. The lowest BCUT2D eigenvalue weighted by Gasteiger charge is -2.28. The fraction of sp³-hybridized carbons (Fsp3) is 0.529. The summed E-state index contributed by atoms with van der Waals surface area (Å²) in [4.78, 5) is 26.8. The van der Waals surface area contributed by atoms with Gasteiger partial charge in [0.05, 0.1) is 17.2 Å². The first-order valence-electron chi connectivity index (χ1n) is 7.86. The predicted octanol–water partition coefficient (Wildman–Crippen LogP) is 2.11. The molecule has 0 aliphatic carbocycles. The van der Waals surface area contributed by atoms with E-state index in [1.165, 1.54) is 0 Å². The van der Waals surface area contributed by atoms with Crippen molar-refractivity contribution in [2.45, 2.75) is 32.7 Å². The molecule has 1 atom stereocenters. The standard InChI is InChI=1S/C17H25N3O2/c1-12(2)18-17(22)14-8-4-5-9-15(14)19-16(21)13-7-6-10-20(3)11-13/h4-5,8-9,12-13H,6-7,10-11H2,1-3H3,(H,18,22)(H,19,21)/t13-/m0/s1. The van der Waals surface area contributed by atoms with Gasteiger partial charge in [0.25, 0.3) is 5.91 Å². The molecule has 0 saturated carbocycles. The lowest BCUT2D eigenvalue weighted by molar-refractivity contribution is -0.121. The van der Waals surface area contributed by atoms with Gasteiger partial charge in [0.1, 0.15) is 0 Å². The monoisotopic (exact) mass is 303 g/mol. The maximum atomic E-state index is 12.4. The molecule has 0 bridgehead atoms. The highest BCUT2D eigenvalue weighted by molar-refractivity contribution is 6.04. The Bertz CT molecular complexity index is 542. The van der Waals surface area contributed by atoms with Gasteiger partial charge in [0.15, 0.2) is 0 Å². The van der Waals surface area contributed by atoms with Gasteiger partial charge in [-0.2, -0.15) is 0 Å². The first-order chi connectivity index (χ1) is 10.5. The van der Waals surface area contributed by atoms with E-state index in [0.717, 1.165) is 25.9 Å². The van der Waals surface area contributed by atoms with E-state index in [9.17, 15) is 9.59 Å². The van der Waals surface area contributed by atoms with Crippen molar-refractivity contribution in [3.8, 4) is 0 Å². The molecular weight excluding hydrogens is 278 g/mol. The number of hydrogen-bond acceptors (Lipinski definition) is 3. The van der Waals surface area contributed by atoms with E-state index in [1.807, 2.05) is 27.0 Å². The van der Waals surface area contributed by atoms with Crippen molar-refractivity contribution >= 4 is 17.5 Å². The van der Waals surface area contributed by atoms with Gasteiger partial charge in [0.2, 0.25) is 5.91 Å². The predicted molar refractivity (Wildman–Crippen MR) is 87.9 cm³/mol. The van der Waals surface area contributed by atoms with Crippen LogP contribution in [-0.4, -0.2) is 42.9 Å². The number of anilines is 1. The summed E-state index contributed by atoms with van der Waals surface area (Å²) in [6.07, 6.45) is 1.93. The molecule has 5 heteroatoms. The van der Waals surface area contributed by atoms with Crippen LogP contribution in [0.3, 0.4) is 0 Å². The van der Waals surface area contributed by atoms with Crippen molar-refractivity contribution in [2.75, 3.05) is 25.5 Å². The highest BCUT2D eigenvalue weighted by atomic mass is 16.2. The second kappa shape index (κ2) is 7.40. The van der Waals surface area contributed by atoms with Gasteiger partial charge in [-0.25, -0.2) is 0 Å². The van der Waals surface area contributed by atoms with Gasteiger partial charge in [-0.3, -0.25) is 9.59 Å². The Morgan fingerprint density at radius 1 is 1.27 bits per heavy atom. The minimum atomic E-state index is -0.160. The third kappa shape index (κ3) is 4.31. The number of rotatable bonds is 4. The van der Waals surface area contributed by atoms with Crippen LogP contribution in [-0.2, 0) is 4.79 Å². The summed E-state index contributed by atoms with van der Waals surface area (Å²) in [5, 5.41) is 5.79. The topological polar surface area (TPSA) is 61.4 Å². The van der Waals surface area contributed by atoms with Crippen LogP contribution in [0.1, 0.15) is 37.0 Å². The summed E-state index contributed by atoms with van der Waals surface area (Å²) in [6, 6.07) is 7.21. The summed E-state index contributed by atoms with van der Waals surface area (Å²) in [7, 11) is 2.03. The maximum absolute atomic E-state index is 12.4. The molecule has 22 heavy (non-hydrogen) atoms. The van der Waals surface area contributed by atoms with E-state index in [1.54, 1.807) is 18.2 Å². The highest BCUT2D eigenvalue weighted by Crippen LogP contribution is 2.20. The Morgan fingerprint density at radius 3 is 2.68 bits per heavy atom. The fourth-order valence-electron chi connectivity index (χ4n) is 2.75. The van der Waals surface area contributed by atoms with Gasteiger partial charge in [0, 0.05) is 12.6 Å². The molecule has 1 aliphatic rings. The van der Waals surface area contributed by atoms with Crippen molar-refractivity contribution in [1.82, 2.24) is 10.2 Å². The lowest BCUT2D eigenvalue weighted by atomic mass is 9.97. The molecule has 0 aromatic heterocycles. The third-order valence-electron chi connectivity index (χ3n) is 3.84. The molecule has 1 heterocycles.